The summed E-state index contributed by atoms with van der Waals surface area (Å²) in [5, 5.41) is 12.1. The lowest BCUT2D eigenvalue weighted by molar-refractivity contribution is -0.0678. The largest absolute Gasteiger partial charge is 0.385 e. The van der Waals surface area contributed by atoms with E-state index in [-0.39, 0.29) is 6.17 Å². The number of aliphatic hydroxyl groups is 1. The number of hydrogen-bond donors (Lipinski definition) is 1. The van der Waals surface area contributed by atoms with E-state index in [0.717, 1.165) is 5.56 Å². The van der Waals surface area contributed by atoms with Crippen LogP contribution >= 0.6 is 0 Å². The maximum Gasteiger partial charge on any atom is 0.0941 e. The highest BCUT2D eigenvalue weighted by Crippen LogP contribution is 2.34. The van der Waals surface area contributed by atoms with Gasteiger partial charge in [0.05, 0.1) is 11.8 Å². The Morgan fingerprint density at radius 3 is 2.62 bits per heavy atom. The molecule has 0 bridgehead atoms. The molecule has 0 aliphatic carbocycles. The summed E-state index contributed by atoms with van der Waals surface area (Å²) in [7, 11) is 4.15. The lowest BCUT2D eigenvalue weighted by Crippen LogP contribution is -2.33. The van der Waals surface area contributed by atoms with Gasteiger partial charge >= 0.3 is 0 Å². The average Bonchev–Trinajstić information content (AvgIpc) is 2.90. The van der Waals surface area contributed by atoms with Gasteiger partial charge in [0.25, 0.3) is 0 Å². The molecule has 1 atom stereocenters. The van der Waals surface area contributed by atoms with Crippen molar-refractivity contribution in [3.8, 4) is 0 Å². The Hall–Kier alpha value is -1.36. The zero-order valence-corrected chi connectivity index (χ0v) is 13.0. The second kappa shape index (κ2) is 5.44. The fourth-order valence-electron chi connectivity index (χ4n) is 3.01. The van der Waals surface area contributed by atoms with Gasteiger partial charge in [-0.15, -0.1) is 0 Å². The standard InChI is InChI=1S/C17H24N2O2/c1-13(18(2)3)19-9-6-14-4-5-15(12-16(14)19)17(20)7-10-21-11-8-17/h4-6,9,12-13,20H,7-8,10-11H2,1-3H3. The van der Waals surface area contributed by atoms with Crippen LogP contribution in [0, 0.1) is 0 Å². The number of benzene rings is 1. The Morgan fingerprint density at radius 1 is 1.24 bits per heavy atom. The highest BCUT2D eigenvalue weighted by molar-refractivity contribution is 5.81. The molecule has 114 valence electrons. The van der Waals surface area contributed by atoms with Gasteiger partial charge in [0.15, 0.2) is 0 Å². The van der Waals surface area contributed by atoms with Gasteiger partial charge in [-0.1, -0.05) is 12.1 Å². The Bertz CT molecular complexity index is 627. The summed E-state index contributed by atoms with van der Waals surface area (Å²) >= 11 is 0. The van der Waals surface area contributed by atoms with E-state index in [2.05, 4.69) is 60.9 Å². The molecule has 0 spiro atoms. The average molecular weight is 288 g/mol. The van der Waals surface area contributed by atoms with Gasteiger partial charge in [-0.05, 0) is 44.1 Å². The second-order valence-electron chi connectivity index (χ2n) is 6.24. The fraction of sp³-hybridized carbons (Fsp3) is 0.529. The van der Waals surface area contributed by atoms with E-state index in [1.807, 2.05) is 0 Å². The Labute approximate surface area is 125 Å². The smallest absolute Gasteiger partial charge is 0.0941 e. The molecule has 4 heteroatoms. The molecule has 0 saturated carbocycles. The monoisotopic (exact) mass is 288 g/mol. The second-order valence-corrected chi connectivity index (χ2v) is 6.24. The summed E-state index contributed by atoms with van der Waals surface area (Å²) < 4.78 is 7.63. The van der Waals surface area contributed by atoms with Crippen molar-refractivity contribution in [2.45, 2.75) is 31.5 Å². The quantitative estimate of drug-likeness (QED) is 0.943. The summed E-state index contributed by atoms with van der Waals surface area (Å²) in [5.74, 6) is 0. The molecule has 1 aliphatic heterocycles. The van der Waals surface area contributed by atoms with Crippen LogP contribution in [0.5, 0.6) is 0 Å². The molecule has 1 aromatic heterocycles. The van der Waals surface area contributed by atoms with Crippen LogP contribution in [0.2, 0.25) is 0 Å². The highest BCUT2D eigenvalue weighted by Gasteiger charge is 2.32. The minimum Gasteiger partial charge on any atom is -0.385 e. The number of rotatable bonds is 3. The molecule has 1 fully saturated rings. The lowest BCUT2D eigenvalue weighted by atomic mass is 9.86. The molecule has 1 unspecified atom stereocenters. The Balaban J connectivity index is 2.04. The lowest BCUT2D eigenvalue weighted by Gasteiger charge is -2.32. The van der Waals surface area contributed by atoms with Crippen molar-refractivity contribution in [2.24, 2.45) is 0 Å². The van der Waals surface area contributed by atoms with Crippen LogP contribution in [0.25, 0.3) is 10.9 Å². The van der Waals surface area contributed by atoms with Crippen LogP contribution in [-0.4, -0.2) is 41.9 Å². The van der Waals surface area contributed by atoms with Crippen LogP contribution in [0.1, 0.15) is 31.5 Å². The van der Waals surface area contributed by atoms with Crippen molar-refractivity contribution in [3.05, 3.63) is 36.0 Å². The van der Waals surface area contributed by atoms with Gasteiger partial charge in [0.1, 0.15) is 0 Å². The molecule has 2 aromatic rings. The first kappa shape index (κ1) is 14.6. The molecule has 1 N–H and O–H groups in total. The summed E-state index contributed by atoms with van der Waals surface area (Å²) in [5.41, 5.74) is 1.43. The predicted octanol–water partition coefficient (Wildman–Crippen LogP) is 2.72. The SMILES string of the molecule is CC(N(C)C)n1ccc2ccc(C3(O)CCOCC3)cc21. The van der Waals surface area contributed by atoms with Crippen molar-refractivity contribution >= 4 is 10.9 Å². The molecular weight excluding hydrogens is 264 g/mol. The van der Waals surface area contributed by atoms with Crippen molar-refractivity contribution in [3.63, 3.8) is 0 Å². The minimum atomic E-state index is -0.747. The maximum atomic E-state index is 10.9. The first-order chi connectivity index (χ1) is 10.0. The number of hydrogen-bond acceptors (Lipinski definition) is 3. The molecule has 3 rings (SSSR count). The third-order valence-corrected chi connectivity index (χ3v) is 4.73. The van der Waals surface area contributed by atoms with E-state index >= 15 is 0 Å². The number of aromatic nitrogens is 1. The minimum absolute atomic E-state index is 0.280. The molecule has 1 aliphatic rings. The first-order valence-corrected chi connectivity index (χ1v) is 7.59. The van der Waals surface area contributed by atoms with E-state index in [1.165, 1.54) is 10.9 Å². The van der Waals surface area contributed by atoms with Gasteiger partial charge < -0.3 is 14.4 Å². The molecule has 0 amide bonds. The zero-order valence-electron chi connectivity index (χ0n) is 13.0. The summed E-state index contributed by atoms with van der Waals surface area (Å²) in [6, 6.07) is 8.43. The molecule has 4 nitrogen and oxygen atoms in total. The molecule has 0 radical (unpaired) electrons. The summed E-state index contributed by atoms with van der Waals surface area (Å²) in [6.07, 6.45) is 3.74. The third-order valence-electron chi connectivity index (χ3n) is 4.73. The fourth-order valence-corrected chi connectivity index (χ4v) is 3.01. The first-order valence-electron chi connectivity index (χ1n) is 7.59. The highest BCUT2D eigenvalue weighted by atomic mass is 16.5. The van der Waals surface area contributed by atoms with Crippen molar-refractivity contribution < 1.29 is 9.84 Å². The van der Waals surface area contributed by atoms with Gasteiger partial charge in [0.2, 0.25) is 0 Å². The van der Waals surface area contributed by atoms with Crippen LogP contribution in [0.3, 0.4) is 0 Å². The van der Waals surface area contributed by atoms with E-state index in [1.54, 1.807) is 0 Å². The molecule has 2 heterocycles. The Morgan fingerprint density at radius 2 is 1.95 bits per heavy atom. The van der Waals surface area contributed by atoms with Crippen LogP contribution in [-0.2, 0) is 10.3 Å². The van der Waals surface area contributed by atoms with E-state index in [9.17, 15) is 5.11 Å². The molecule has 21 heavy (non-hydrogen) atoms. The normalized spacial score (nSPS) is 20.0. The van der Waals surface area contributed by atoms with Crippen molar-refractivity contribution in [1.82, 2.24) is 9.47 Å². The van der Waals surface area contributed by atoms with E-state index in [4.69, 9.17) is 4.74 Å². The van der Waals surface area contributed by atoms with Crippen LogP contribution < -0.4 is 0 Å². The van der Waals surface area contributed by atoms with E-state index in [0.29, 0.717) is 26.1 Å². The third kappa shape index (κ3) is 2.59. The van der Waals surface area contributed by atoms with Gasteiger partial charge in [-0.3, -0.25) is 4.90 Å². The van der Waals surface area contributed by atoms with E-state index < -0.39 is 5.60 Å². The predicted molar refractivity (Wildman–Crippen MR) is 84.3 cm³/mol. The van der Waals surface area contributed by atoms with Gasteiger partial charge in [-0.25, -0.2) is 0 Å². The van der Waals surface area contributed by atoms with Crippen LogP contribution in [0.15, 0.2) is 30.5 Å². The molecule has 1 aromatic carbocycles. The molecular formula is C17H24N2O2. The summed E-state index contributed by atoms with van der Waals surface area (Å²) in [4.78, 5) is 2.18. The number of fused-ring (bicyclic) bond motifs is 1. The van der Waals surface area contributed by atoms with Crippen molar-refractivity contribution in [2.75, 3.05) is 27.3 Å². The summed E-state index contributed by atoms with van der Waals surface area (Å²) in [6.45, 7) is 3.43. The number of nitrogens with zero attached hydrogens (tertiary/aromatic N) is 2. The maximum absolute atomic E-state index is 10.9. The van der Waals surface area contributed by atoms with Crippen LogP contribution in [0.4, 0.5) is 0 Å². The van der Waals surface area contributed by atoms with Crippen molar-refractivity contribution in [1.29, 1.82) is 0 Å². The topological polar surface area (TPSA) is 37.6 Å². The van der Waals surface area contributed by atoms with Gasteiger partial charge in [-0.2, -0.15) is 0 Å². The molecule has 1 saturated heterocycles. The van der Waals surface area contributed by atoms with Gasteiger partial charge in [0, 0.05) is 37.8 Å². The Kier molecular flexibility index (Phi) is 3.78. The number of ether oxygens (including phenoxy) is 1. The zero-order chi connectivity index (χ0) is 15.0.